The van der Waals surface area contributed by atoms with Crippen molar-refractivity contribution in [1.29, 1.82) is 0 Å². The van der Waals surface area contributed by atoms with Gasteiger partial charge in [0.05, 0.1) is 11.1 Å². The Hall–Kier alpha value is -1.19. The average molecular weight is 470 g/mol. The second kappa shape index (κ2) is 10.2. The van der Waals surface area contributed by atoms with Crippen LogP contribution >= 0.6 is 11.6 Å². The minimum absolute atomic E-state index is 0.0407. The molecule has 4 rings (SSSR count). The zero-order valence-corrected chi connectivity index (χ0v) is 19.5. The van der Waals surface area contributed by atoms with E-state index in [4.69, 9.17) is 16.3 Å². The molecule has 172 valence electrons. The predicted molar refractivity (Wildman–Crippen MR) is 120 cm³/mol. The molecule has 31 heavy (non-hydrogen) atoms. The summed E-state index contributed by atoms with van der Waals surface area (Å²) >= 11 is 6.28. The van der Waals surface area contributed by atoms with Crippen LogP contribution in [-0.4, -0.2) is 87.0 Å². The van der Waals surface area contributed by atoms with Gasteiger partial charge in [0.2, 0.25) is 10.0 Å². The third-order valence-corrected chi connectivity index (χ3v) is 8.89. The van der Waals surface area contributed by atoms with E-state index in [1.165, 1.54) is 16.4 Å². The monoisotopic (exact) mass is 469 g/mol. The lowest BCUT2D eigenvalue weighted by atomic mass is 10.1. The van der Waals surface area contributed by atoms with Gasteiger partial charge in [-0.05, 0) is 43.9 Å². The lowest BCUT2D eigenvalue weighted by Crippen LogP contribution is -2.50. The fourth-order valence-corrected chi connectivity index (χ4v) is 6.67. The van der Waals surface area contributed by atoms with Gasteiger partial charge in [-0.2, -0.15) is 4.31 Å². The van der Waals surface area contributed by atoms with E-state index in [1.54, 1.807) is 11.0 Å². The van der Waals surface area contributed by atoms with Gasteiger partial charge >= 0.3 is 0 Å². The van der Waals surface area contributed by atoms with Gasteiger partial charge in [-0.3, -0.25) is 9.69 Å². The molecule has 1 aromatic rings. The van der Waals surface area contributed by atoms with Crippen LogP contribution in [0.15, 0.2) is 23.1 Å². The Balaban J connectivity index is 1.43. The standard InChI is InChI=1S/C22H32ClN3O4S/c23-20-8-7-18(16-21(20)31(28,29)26-9-3-1-2-4-10-26)22(27)25-13-11-24(12-14-25)17-19-6-5-15-30-19/h7-8,16,19H,1-6,9-15,17H2/t19-/m0/s1. The van der Waals surface area contributed by atoms with E-state index in [0.717, 1.165) is 64.8 Å². The van der Waals surface area contributed by atoms with Gasteiger partial charge in [-0.25, -0.2) is 8.42 Å². The third-order valence-electron chi connectivity index (χ3n) is 6.51. The number of piperazine rings is 1. The van der Waals surface area contributed by atoms with Gasteiger partial charge in [0.1, 0.15) is 4.90 Å². The second-order valence-corrected chi connectivity index (χ2v) is 11.0. The summed E-state index contributed by atoms with van der Waals surface area (Å²) in [5.41, 5.74) is 0.380. The van der Waals surface area contributed by atoms with Gasteiger partial charge in [-0.15, -0.1) is 0 Å². The van der Waals surface area contributed by atoms with Crippen LogP contribution in [0.25, 0.3) is 0 Å². The highest BCUT2D eigenvalue weighted by Gasteiger charge is 2.30. The van der Waals surface area contributed by atoms with E-state index < -0.39 is 10.0 Å². The number of hydrogen-bond acceptors (Lipinski definition) is 5. The number of amides is 1. The van der Waals surface area contributed by atoms with Gasteiger partial charge in [0.25, 0.3) is 5.91 Å². The average Bonchev–Trinajstić information content (AvgIpc) is 3.12. The van der Waals surface area contributed by atoms with E-state index in [-0.39, 0.29) is 15.8 Å². The highest BCUT2D eigenvalue weighted by Crippen LogP contribution is 2.28. The second-order valence-electron chi connectivity index (χ2n) is 8.69. The molecule has 1 atom stereocenters. The largest absolute Gasteiger partial charge is 0.377 e. The number of carbonyl (C=O) groups excluding carboxylic acids is 1. The summed E-state index contributed by atoms with van der Waals surface area (Å²) in [4.78, 5) is 17.3. The Morgan fingerprint density at radius 3 is 2.35 bits per heavy atom. The SMILES string of the molecule is O=C(c1ccc(Cl)c(S(=O)(=O)N2CCCCCC2)c1)N1CCN(C[C@@H]2CCCO2)CC1. The van der Waals surface area contributed by atoms with Crippen molar-refractivity contribution < 1.29 is 17.9 Å². The number of hydrogen-bond donors (Lipinski definition) is 0. The van der Waals surface area contributed by atoms with Crippen LogP contribution in [0, 0.1) is 0 Å². The Labute approximate surface area is 190 Å². The first-order valence-electron chi connectivity index (χ1n) is 11.4. The molecule has 3 aliphatic rings. The number of sulfonamides is 1. The molecule has 3 saturated heterocycles. The van der Waals surface area contributed by atoms with E-state index in [0.29, 0.717) is 37.8 Å². The summed E-state index contributed by atoms with van der Waals surface area (Å²) in [7, 11) is -3.72. The van der Waals surface area contributed by atoms with Crippen LogP contribution < -0.4 is 0 Å². The van der Waals surface area contributed by atoms with Crippen molar-refractivity contribution in [2.75, 3.05) is 52.4 Å². The molecule has 3 heterocycles. The van der Waals surface area contributed by atoms with E-state index in [9.17, 15) is 13.2 Å². The van der Waals surface area contributed by atoms with Crippen molar-refractivity contribution in [3.8, 4) is 0 Å². The molecule has 0 aromatic heterocycles. The summed E-state index contributed by atoms with van der Waals surface area (Å²) in [5.74, 6) is -0.138. The zero-order chi connectivity index (χ0) is 21.8. The van der Waals surface area contributed by atoms with Gasteiger partial charge in [0.15, 0.2) is 0 Å². The molecule has 0 saturated carbocycles. The van der Waals surface area contributed by atoms with Crippen molar-refractivity contribution >= 4 is 27.5 Å². The van der Waals surface area contributed by atoms with Gasteiger partial charge < -0.3 is 9.64 Å². The van der Waals surface area contributed by atoms with Crippen LogP contribution in [-0.2, 0) is 14.8 Å². The summed E-state index contributed by atoms with van der Waals surface area (Å²) in [6.45, 7) is 5.64. The number of rotatable bonds is 5. The minimum atomic E-state index is -3.72. The van der Waals surface area contributed by atoms with E-state index in [1.807, 2.05) is 0 Å². The smallest absolute Gasteiger partial charge is 0.253 e. The Kier molecular flexibility index (Phi) is 7.54. The molecule has 1 aromatic carbocycles. The first-order valence-corrected chi connectivity index (χ1v) is 13.2. The van der Waals surface area contributed by atoms with Crippen molar-refractivity contribution in [1.82, 2.24) is 14.1 Å². The van der Waals surface area contributed by atoms with Crippen LogP contribution in [0.4, 0.5) is 0 Å². The topological polar surface area (TPSA) is 70.2 Å². The molecule has 9 heteroatoms. The summed E-state index contributed by atoms with van der Waals surface area (Å²) < 4.78 is 33.7. The molecular formula is C22H32ClN3O4S. The molecule has 3 fully saturated rings. The van der Waals surface area contributed by atoms with Crippen molar-refractivity contribution in [3.63, 3.8) is 0 Å². The normalized spacial score (nSPS) is 24.3. The van der Waals surface area contributed by atoms with E-state index in [2.05, 4.69) is 4.90 Å². The Morgan fingerprint density at radius 1 is 1.00 bits per heavy atom. The summed E-state index contributed by atoms with van der Waals surface area (Å²) in [5, 5.41) is 0.169. The molecule has 0 spiro atoms. The van der Waals surface area contributed by atoms with Crippen LogP contribution in [0.1, 0.15) is 48.9 Å². The molecule has 0 bridgehead atoms. The van der Waals surface area contributed by atoms with Crippen molar-refractivity contribution in [2.45, 2.75) is 49.5 Å². The van der Waals surface area contributed by atoms with Crippen molar-refractivity contribution in [3.05, 3.63) is 28.8 Å². The van der Waals surface area contributed by atoms with Gasteiger partial charge in [0, 0.05) is 58.0 Å². The quantitative estimate of drug-likeness (QED) is 0.663. The highest BCUT2D eigenvalue weighted by atomic mass is 35.5. The summed E-state index contributed by atoms with van der Waals surface area (Å²) in [6.07, 6.45) is 6.33. The molecule has 0 N–H and O–H groups in total. The summed E-state index contributed by atoms with van der Waals surface area (Å²) in [6, 6.07) is 4.63. The fourth-order valence-electron chi connectivity index (χ4n) is 4.65. The highest BCUT2D eigenvalue weighted by molar-refractivity contribution is 7.89. The molecule has 3 aliphatic heterocycles. The third kappa shape index (κ3) is 5.42. The number of nitrogens with zero attached hydrogens (tertiary/aromatic N) is 3. The maximum Gasteiger partial charge on any atom is 0.253 e. The van der Waals surface area contributed by atoms with Crippen LogP contribution in [0.3, 0.4) is 0 Å². The van der Waals surface area contributed by atoms with Crippen LogP contribution in [0.5, 0.6) is 0 Å². The lowest BCUT2D eigenvalue weighted by molar-refractivity contribution is 0.0432. The molecular weight excluding hydrogens is 438 g/mol. The number of ether oxygens (including phenoxy) is 1. The first-order chi connectivity index (χ1) is 14.9. The molecule has 7 nitrogen and oxygen atoms in total. The number of benzene rings is 1. The molecule has 0 radical (unpaired) electrons. The zero-order valence-electron chi connectivity index (χ0n) is 18.0. The molecule has 0 unspecified atom stereocenters. The van der Waals surface area contributed by atoms with Crippen LogP contribution in [0.2, 0.25) is 5.02 Å². The molecule has 1 amide bonds. The van der Waals surface area contributed by atoms with Gasteiger partial charge in [-0.1, -0.05) is 24.4 Å². The molecule has 0 aliphatic carbocycles. The van der Waals surface area contributed by atoms with E-state index >= 15 is 0 Å². The minimum Gasteiger partial charge on any atom is -0.377 e. The Morgan fingerprint density at radius 2 is 1.71 bits per heavy atom. The maximum atomic E-state index is 13.2. The first kappa shape index (κ1) is 23.0. The van der Waals surface area contributed by atoms with Crippen molar-refractivity contribution in [2.24, 2.45) is 0 Å². The number of carbonyl (C=O) groups is 1. The lowest BCUT2D eigenvalue weighted by Gasteiger charge is -2.35. The Bertz CT molecular complexity index is 873. The number of halogens is 1. The predicted octanol–water partition coefficient (Wildman–Crippen LogP) is 2.84. The maximum absolute atomic E-state index is 13.2. The fraction of sp³-hybridized carbons (Fsp3) is 0.682.